The second-order valence-electron chi connectivity index (χ2n) is 7.68. The number of nitrogens with zero attached hydrogens (tertiary/aromatic N) is 2. The molecular formula is C22H36N4O2. The van der Waals surface area contributed by atoms with Crippen molar-refractivity contribution in [3.63, 3.8) is 0 Å². The summed E-state index contributed by atoms with van der Waals surface area (Å²) in [5, 5.41) is 7.02. The number of benzene rings is 1. The van der Waals surface area contributed by atoms with Crippen LogP contribution >= 0.6 is 0 Å². The summed E-state index contributed by atoms with van der Waals surface area (Å²) in [5.41, 5.74) is 1.31. The van der Waals surface area contributed by atoms with Crippen molar-refractivity contribution in [3.05, 3.63) is 30.3 Å². The van der Waals surface area contributed by atoms with Crippen LogP contribution in [-0.2, 0) is 9.47 Å². The lowest BCUT2D eigenvalue weighted by Gasteiger charge is -2.35. The topological polar surface area (TPSA) is 58.1 Å². The highest BCUT2D eigenvalue weighted by Gasteiger charge is 2.21. The van der Waals surface area contributed by atoms with Crippen LogP contribution < -0.4 is 15.5 Å². The van der Waals surface area contributed by atoms with Gasteiger partial charge in [0.15, 0.2) is 5.96 Å². The van der Waals surface area contributed by atoms with Crippen LogP contribution in [0.5, 0.6) is 0 Å². The first-order valence-corrected chi connectivity index (χ1v) is 10.9. The Bertz CT molecular complexity index is 575. The van der Waals surface area contributed by atoms with Gasteiger partial charge in [0.05, 0.1) is 13.2 Å². The van der Waals surface area contributed by atoms with Crippen LogP contribution in [0, 0.1) is 5.92 Å². The van der Waals surface area contributed by atoms with Gasteiger partial charge in [-0.2, -0.15) is 0 Å². The summed E-state index contributed by atoms with van der Waals surface area (Å²) in [6.07, 6.45) is 4.46. The lowest BCUT2D eigenvalue weighted by Crippen LogP contribution is -2.51. The normalized spacial score (nSPS) is 23.0. The number of aliphatic imine (C=N–C) groups is 1. The molecule has 0 radical (unpaired) electrons. The third-order valence-electron chi connectivity index (χ3n) is 5.32. The molecule has 3 rings (SSSR count). The highest BCUT2D eigenvalue weighted by atomic mass is 16.5. The fraction of sp³-hybridized carbons (Fsp3) is 0.682. The van der Waals surface area contributed by atoms with Crippen molar-refractivity contribution >= 4 is 11.6 Å². The molecule has 1 aromatic carbocycles. The van der Waals surface area contributed by atoms with E-state index in [1.54, 1.807) is 0 Å². The fourth-order valence-electron chi connectivity index (χ4n) is 3.80. The Morgan fingerprint density at radius 2 is 2.18 bits per heavy atom. The molecule has 2 unspecified atom stereocenters. The smallest absolute Gasteiger partial charge is 0.191 e. The van der Waals surface area contributed by atoms with Crippen molar-refractivity contribution in [2.45, 2.75) is 38.6 Å². The van der Waals surface area contributed by atoms with Gasteiger partial charge >= 0.3 is 0 Å². The number of hydrogen-bond donors (Lipinski definition) is 2. The van der Waals surface area contributed by atoms with Gasteiger partial charge in [-0.25, -0.2) is 0 Å². The number of ether oxygens (including phenoxy) is 2. The molecule has 0 spiro atoms. The Morgan fingerprint density at radius 1 is 1.29 bits per heavy atom. The first kappa shape index (κ1) is 20.9. The maximum absolute atomic E-state index is 5.78. The summed E-state index contributed by atoms with van der Waals surface area (Å²) in [5.74, 6) is 1.51. The minimum atomic E-state index is 0.422. The predicted molar refractivity (Wildman–Crippen MR) is 115 cm³/mol. The molecule has 0 bridgehead atoms. The van der Waals surface area contributed by atoms with E-state index in [0.29, 0.717) is 12.0 Å². The highest BCUT2D eigenvalue weighted by Crippen LogP contribution is 2.19. The van der Waals surface area contributed by atoms with Crippen molar-refractivity contribution in [2.24, 2.45) is 10.9 Å². The molecule has 2 aliphatic rings. The summed E-state index contributed by atoms with van der Waals surface area (Å²) >= 11 is 0. The number of hydrogen-bond acceptors (Lipinski definition) is 4. The maximum Gasteiger partial charge on any atom is 0.191 e. The van der Waals surface area contributed by atoms with Gasteiger partial charge in [0, 0.05) is 57.0 Å². The molecule has 0 aromatic heterocycles. The summed E-state index contributed by atoms with van der Waals surface area (Å²) in [6.45, 7) is 9.24. The zero-order chi connectivity index (χ0) is 19.4. The van der Waals surface area contributed by atoms with Crippen molar-refractivity contribution in [1.29, 1.82) is 0 Å². The molecule has 6 nitrogen and oxygen atoms in total. The van der Waals surface area contributed by atoms with Gasteiger partial charge in [-0.15, -0.1) is 0 Å². The minimum Gasteiger partial charge on any atom is -0.381 e. The monoisotopic (exact) mass is 388 g/mol. The van der Waals surface area contributed by atoms with Crippen LogP contribution in [0.1, 0.15) is 32.6 Å². The molecule has 2 N–H and O–H groups in total. The van der Waals surface area contributed by atoms with Crippen molar-refractivity contribution in [3.8, 4) is 0 Å². The standard InChI is InChI=1S/C22H36N4O2/c1-2-23-22(24-12-7-14-27-17-19-11-15-28-18-19)25-20-8-6-13-26(16-20)21-9-4-3-5-10-21/h3-5,9-10,19-20H,2,6-8,11-18H2,1H3,(H2,23,24,25). The van der Waals surface area contributed by atoms with Crippen molar-refractivity contribution < 1.29 is 9.47 Å². The van der Waals surface area contributed by atoms with Crippen LogP contribution in [0.3, 0.4) is 0 Å². The van der Waals surface area contributed by atoms with E-state index in [0.717, 1.165) is 71.4 Å². The summed E-state index contributed by atoms with van der Waals surface area (Å²) in [6, 6.07) is 11.1. The van der Waals surface area contributed by atoms with Crippen LogP contribution in [0.2, 0.25) is 0 Å². The molecule has 0 saturated carbocycles. The molecule has 2 atom stereocenters. The molecule has 1 aromatic rings. The third-order valence-corrected chi connectivity index (χ3v) is 5.32. The Hall–Kier alpha value is -1.79. The lowest BCUT2D eigenvalue weighted by molar-refractivity contribution is 0.0893. The van der Waals surface area contributed by atoms with E-state index >= 15 is 0 Å². The molecule has 156 valence electrons. The Labute approximate surface area is 169 Å². The van der Waals surface area contributed by atoms with Crippen LogP contribution in [-0.4, -0.2) is 64.6 Å². The first-order valence-electron chi connectivity index (χ1n) is 10.9. The largest absolute Gasteiger partial charge is 0.381 e. The molecule has 2 heterocycles. The molecule has 6 heteroatoms. The second-order valence-corrected chi connectivity index (χ2v) is 7.68. The van der Waals surface area contributed by atoms with Gasteiger partial charge in [0.2, 0.25) is 0 Å². The molecule has 2 aliphatic heterocycles. The van der Waals surface area contributed by atoms with Gasteiger partial charge in [-0.3, -0.25) is 4.99 Å². The first-order chi connectivity index (χ1) is 13.8. The number of rotatable bonds is 9. The minimum absolute atomic E-state index is 0.422. The molecular weight excluding hydrogens is 352 g/mol. The quantitative estimate of drug-likeness (QED) is 0.387. The van der Waals surface area contributed by atoms with Gasteiger partial charge in [-0.05, 0) is 44.7 Å². The van der Waals surface area contributed by atoms with Gasteiger partial charge in [0.25, 0.3) is 0 Å². The van der Waals surface area contributed by atoms with Crippen molar-refractivity contribution in [1.82, 2.24) is 10.6 Å². The summed E-state index contributed by atoms with van der Waals surface area (Å²) < 4.78 is 11.2. The van der Waals surface area contributed by atoms with E-state index in [1.165, 1.54) is 18.5 Å². The number of guanidine groups is 1. The van der Waals surface area contributed by atoms with E-state index in [2.05, 4.69) is 52.8 Å². The Morgan fingerprint density at radius 3 is 2.96 bits per heavy atom. The van der Waals surface area contributed by atoms with Crippen LogP contribution in [0.4, 0.5) is 5.69 Å². The van der Waals surface area contributed by atoms with E-state index in [9.17, 15) is 0 Å². The second kappa shape index (κ2) is 11.9. The average Bonchev–Trinajstić information content (AvgIpc) is 3.25. The lowest BCUT2D eigenvalue weighted by atomic mass is 10.1. The SMILES string of the molecule is CCNC(=NCCCOCC1CCOC1)NC1CCCN(c2ccccc2)C1. The summed E-state index contributed by atoms with van der Waals surface area (Å²) in [4.78, 5) is 7.21. The number of piperidine rings is 1. The Balaban J connectivity index is 1.39. The van der Waals surface area contributed by atoms with E-state index in [-0.39, 0.29) is 0 Å². The summed E-state index contributed by atoms with van der Waals surface area (Å²) in [7, 11) is 0. The molecule has 28 heavy (non-hydrogen) atoms. The molecule has 2 saturated heterocycles. The van der Waals surface area contributed by atoms with Gasteiger partial charge in [0.1, 0.15) is 0 Å². The van der Waals surface area contributed by atoms with E-state index in [4.69, 9.17) is 14.5 Å². The van der Waals surface area contributed by atoms with Crippen molar-refractivity contribution in [2.75, 3.05) is 57.5 Å². The maximum atomic E-state index is 5.78. The third kappa shape index (κ3) is 6.99. The zero-order valence-electron chi connectivity index (χ0n) is 17.2. The molecule has 0 amide bonds. The van der Waals surface area contributed by atoms with Crippen LogP contribution in [0.15, 0.2) is 35.3 Å². The average molecular weight is 389 g/mol. The predicted octanol–water partition coefficient (Wildman–Crippen LogP) is 2.65. The highest BCUT2D eigenvalue weighted by molar-refractivity contribution is 5.80. The Kier molecular flexibility index (Phi) is 8.91. The zero-order valence-corrected chi connectivity index (χ0v) is 17.2. The van der Waals surface area contributed by atoms with Crippen LogP contribution in [0.25, 0.3) is 0 Å². The number of anilines is 1. The van der Waals surface area contributed by atoms with E-state index < -0.39 is 0 Å². The molecule has 2 fully saturated rings. The van der Waals surface area contributed by atoms with Gasteiger partial charge in [-0.1, -0.05) is 18.2 Å². The van der Waals surface area contributed by atoms with Gasteiger partial charge < -0.3 is 25.0 Å². The van der Waals surface area contributed by atoms with E-state index in [1.807, 2.05) is 0 Å². The number of para-hydroxylation sites is 1. The molecule has 0 aliphatic carbocycles. The number of nitrogens with one attached hydrogen (secondary N) is 2. The fourth-order valence-corrected chi connectivity index (χ4v) is 3.80.